The Morgan fingerprint density at radius 2 is 1.29 bits per heavy atom. The summed E-state index contributed by atoms with van der Waals surface area (Å²) < 4.78 is 40.2. The average molecular weight is 409 g/mol. The van der Waals surface area contributed by atoms with Crippen LogP contribution >= 0.6 is 0 Å². The van der Waals surface area contributed by atoms with Crippen molar-refractivity contribution in [2.45, 2.75) is 40.0 Å². The van der Waals surface area contributed by atoms with Gasteiger partial charge < -0.3 is 29.0 Å². The van der Waals surface area contributed by atoms with Gasteiger partial charge in [-0.25, -0.2) is 4.39 Å². The molecule has 0 aliphatic carbocycles. The molecule has 0 radical (unpaired) electrons. The van der Waals surface area contributed by atoms with E-state index in [1.807, 2.05) is 0 Å². The summed E-state index contributed by atoms with van der Waals surface area (Å²) in [4.78, 5) is 22.0. The predicted octanol–water partition coefficient (Wildman–Crippen LogP) is 1.16. The summed E-state index contributed by atoms with van der Waals surface area (Å²) in [5.74, 6) is -0.356. The molecular formula is C19H36FNO7. The van der Waals surface area contributed by atoms with Crippen LogP contribution in [0.25, 0.3) is 0 Å². The number of amides is 1. The molecule has 166 valence electrons. The normalized spacial score (nSPS) is 13.5. The average Bonchev–Trinajstić information content (AvgIpc) is 2.65. The fourth-order valence-corrected chi connectivity index (χ4v) is 1.84. The maximum Gasteiger partial charge on any atom is 0.222 e. The third-order valence-electron chi connectivity index (χ3n) is 3.53. The van der Waals surface area contributed by atoms with Crippen molar-refractivity contribution in [2.24, 2.45) is 5.92 Å². The van der Waals surface area contributed by atoms with Gasteiger partial charge in [0.15, 0.2) is 5.78 Å². The second kappa shape index (κ2) is 17.9. The lowest BCUT2D eigenvalue weighted by Gasteiger charge is -2.18. The summed E-state index contributed by atoms with van der Waals surface area (Å²) >= 11 is 0. The maximum absolute atomic E-state index is 13.9. The monoisotopic (exact) mass is 409 g/mol. The van der Waals surface area contributed by atoms with Crippen LogP contribution in [0.15, 0.2) is 0 Å². The number of Topliss-reactive ketones (excluding diaryl/α,β-unsaturated/α-hetero) is 1. The summed E-state index contributed by atoms with van der Waals surface area (Å²) in [6.07, 6.45) is -1.89. The maximum atomic E-state index is 13.9. The number of carbonyl (C=O) groups is 2. The van der Waals surface area contributed by atoms with E-state index in [0.29, 0.717) is 46.2 Å². The fraction of sp³-hybridized carbons (Fsp3) is 0.895. The number of alkyl halides is 1. The molecule has 0 aromatic rings. The lowest BCUT2D eigenvalue weighted by atomic mass is 10.2. The van der Waals surface area contributed by atoms with Crippen LogP contribution in [0.1, 0.15) is 27.7 Å². The zero-order chi connectivity index (χ0) is 21.2. The first-order valence-electron chi connectivity index (χ1n) is 9.68. The van der Waals surface area contributed by atoms with Gasteiger partial charge in [0, 0.05) is 5.92 Å². The van der Waals surface area contributed by atoms with E-state index in [-0.39, 0.29) is 37.4 Å². The van der Waals surface area contributed by atoms with Gasteiger partial charge in [0.05, 0.1) is 65.5 Å². The number of hydrogen-bond donors (Lipinski definition) is 1. The van der Waals surface area contributed by atoms with Crippen molar-refractivity contribution < 1.29 is 37.7 Å². The molecule has 0 rings (SSSR count). The SMILES string of the molecule is CC(=O)COCCOCCOCCOCCOC(C)C(F)CNC(=O)C(C)C. The largest absolute Gasteiger partial charge is 0.377 e. The molecule has 9 heteroatoms. The smallest absolute Gasteiger partial charge is 0.222 e. The van der Waals surface area contributed by atoms with Crippen LogP contribution in [0, 0.1) is 5.92 Å². The van der Waals surface area contributed by atoms with Crippen molar-refractivity contribution in [1.82, 2.24) is 5.32 Å². The van der Waals surface area contributed by atoms with Gasteiger partial charge in [-0.15, -0.1) is 0 Å². The number of ether oxygens (including phenoxy) is 5. The van der Waals surface area contributed by atoms with Gasteiger partial charge in [0.2, 0.25) is 5.91 Å². The number of carbonyl (C=O) groups excluding carboxylic acids is 2. The van der Waals surface area contributed by atoms with E-state index in [1.54, 1.807) is 20.8 Å². The van der Waals surface area contributed by atoms with Gasteiger partial charge in [-0.3, -0.25) is 9.59 Å². The molecule has 0 aromatic heterocycles. The van der Waals surface area contributed by atoms with Gasteiger partial charge in [-0.1, -0.05) is 13.8 Å². The van der Waals surface area contributed by atoms with E-state index >= 15 is 0 Å². The Morgan fingerprint density at radius 3 is 1.75 bits per heavy atom. The molecule has 0 saturated heterocycles. The molecule has 0 aliphatic heterocycles. The van der Waals surface area contributed by atoms with Crippen LogP contribution in [0.2, 0.25) is 0 Å². The Labute approximate surface area is 167 Å². The molecule has 0 fully saturated rings. The zero-order valence-electron chi connectivity index (χ0n) is 17.5. The second-order valence-corrected chi connectivity index (χ2v) is 6.58. The molecular weight excluding hydrogens is 373 g/mol. The molecule has 1 amide bonds. The highest BCUT2D eigenvalue weighted by Gasteiger charge is 2.18. The number of hydrogen-bond acceptors (Lipinski definition) is 7. The van der Waals surface area contributed by atoms with E-state index in [9.17, 15) is 14.0 Å². The molecule has 8 nitrogen and oxygen atoms in total. The van der Waals surface area contributed by atoms with Gasteiger partial charge in [-0.05, 0) is 13.8 Å². The lowest BCUT2D eigenvalue weighted by Crippen LogP contribution is -2.38. The van der Waals surface area contributed by atoms with Crippen molar-refractivity contribution in [3.8, 4) is 0 Å². The molecule has 0 aromatic carbocycles. The highest BCUT2D eigenvalue weighted by atomic mass is 19.1. The predicted molar refractivity (Wildman–Crippen MR) is 102 cm³/mol. The van der Waals surface area contributed by atoms with Crippen LogP contribution in [0.4, 0.5) is 4.39 Å². The molecule has 28 heavy (non-hydrogen) atoms. The number of halogens is 1. The summed E-state index contributed by atoms with van der Waals surface area (Å²) in [5, 5.41) is 2.54. The van der Waals surface area contributed by atoms with Crippen LogP contribution in [0.3, 0.4) is 0 Å². The molecule has 1 N–H and O–H groups in total. The van der Waals surface area contributed by atoms with E-state index in [1.165, 1.54) is 6.92 Å². The Kier molecular flexibility index (Phi) is 17.2. The van der Waals surface area contributed by atoms with Crippen LogP contribution in [-0.2, 0) is 33.3 Å². The van der Waals surface area contributed by atoms with Gasteiger partial charge in [0.25, 0.3) is 0 Å². The fourth-order valence-electron chi connectivity index (χ4n) is 1.84. The molecule has 0 heterocycles. The first-order chi connectivity index (χ1) is 13.3. The third kappa shape index (κ3) is 17.0. The molecule has 0 aliphatic rings. The van der Waals surface area contributed by atoms with E-state index < -0.39 is 12.3 Å². The Balaban J connectivity index is 3.36. The third-order valence-corrected chi connectivity index (χ3v) is 3.53. The minimum absolute atomic E-state index is 0.0113. The number of rotatable bonds is 19. The number of ketones is 1. The Hall–Kier alpha value is -1.13. The van der Waals surface area contributed by atoms with E-state index in [0.717, 1.165) is 0 Å². The molecule has 0 spiro atoms. The summed E-state index contributed by atoms with van der Waals surface area (Å²) in [6, 6.07) is 0. The second-order valence-electron chi connectivity index (χ2n) is 6.58. The Bertz CT molecular complexity index is 410. The molecule has 2 atom stereocenters. The minimum atomic E-state index is -1.26. The Morgan fingerprint density at radius 1 is 0.821 bits per heavy atom. The van der Waals surface area contributed by atoms with E-state index in [4.69, 9.17) is 23.7 Å². The van der Waals surface area contributed by atoms with Crippen molar-refractivity contribution in [2.75, 3.05) is 66.0 Å². The molecule has 2 unspecified atom stereocenters. The number of nitrogens with one attached hydrogen (secondary N) is 1. The first-order valence-corrected chi connectivity index (χ1v) is 9.68. The standard InChI is InChI=1S/C19H36FNO7/c1-15(2)19(23)21-13-18(20)17(4)28-12-11-26-8-7-24-5-6-25-9-10-27-14-16(3)22/h15,17-18H,5-14H2,1-4H3,(H,21,23). The van der Waals surface area contributed by atoms with Gasteiger partial charge in [-0.2, -0.15) is 0 Å². The molecule has 0 bridgehead atoms. The highest BCUT2D eigenvalue weighted by Crippen LogP contribution is 2.03. The summed E-state index contributed by atoms with van der Waals surface area (Å²) in [7, 11) is 0. The van der Waals surface area contributed by atoms with Gasteiger partial charge >= 0.3 is 0 Å². The highest BCUT2D eigenvalue weighted by molar-refractivity contribution is 5.77. The van der Waals surface area contributed by atoms with Crippen LogP contribution in [0.5, 0.6) is 0 Å². The molecule has 0 saturated carbocycles. The van der Waals surface area contributed by atoms with Crippen molar-refractivity contribution >= 4 is 11.7 Å². The summed E-state index contributed by atoms with van der Waals surface area (Å²) in [5.41, 5.74) is 0. The summed E-state index contributed by atoms with van der Waals surface area (Å²) in [6.45, 7) is 9.76. The van der Waals surface area contributed by atoms with Gasteiger partial charge in [0.1, 0.15) is 12.8 Å². The van der Waals surface area contributed by atoms with E-state index in [2.05, 4.69) is 5.32 Å². The zero-order valence-corrected chi connectivity index (χ0v) is 17.5. The van der Waals surface area contributed by atoms with Crippen LogP contribution in [-0.4, -0.2) is 90.0 Å². The van der Waals surface area contributed by atoms with Crippen molar-refractivity contribution in [3.05, 3.63) is 0 Å². The lowest BCUT2D eigenvalue weighted by molar-refractivity contribution is -0.124. The van der Waals surface area contributed by atoms with Crippen molar-refractivity contribution in [3.63, 3.8) is 0 Å². The van der Waals surface area contributed by atoms with Crippen LogP contribution < -0.4 is 5.32 Å². The van der Waals surface area contributed by atoms with Crippen molar-refractivity contribution in [1.29, 1.82) is 0 Å². The topological polar surface area (TPSA) is 92.3 Å². The minimum Gasteiger partial charge on any atom is -0.377 e. The first kappa shape index (κ1) is 26.9. The quantitative estimate of drug-likeness (QED) is 0.320.